The Kier molecular flexibility index (Phi) is 7.68. The lowest BCUT2D eigenvalue weighted by molar-refractivity contribution is -0.0594. The SMILES string of the molecule is CC(C)CCCC(C)C1CCC2C3CC=C4CC(OC(=O)c5ccc6ccccc6c5)CCC4(C)C3CCC12C. The Hall–Kier alpha value is -2.09. The Balaban J connectivity index is 1.12. The number of hydrogen-bond donors (Lipinski definition) is 0. The second kappa shape index (κ2) is 11.0. The molecule has 2 heteroatoms. The highest BCUT2D eigenvalue weighted by molar-refractivity contribution is 5.95. The van der Waals surface area contributed by atoms with Crippen molar-refractivity contribution in [3.05, 3.63) is 59.7 Å². The van der Waals surface area contributed by atoms with Gasteiger partial charge in [0.05, 0.1) is 5.56 Å². The molecule has 0 radical (unpaired) electrons. The fourth-order valence-electron chi connectivity index (χ4n) is 10.3. The Labute approximate surface area is 243 Å². The van der Waals surface area contributed by atoms with Gasteiger partial charge in [0.15, 0.2) is 0 Å². The minimum atomic E-state index is -0.165. The number of ether oxygens (including phenoxy) is 1. The van der Waals surface area contributed by atoms with Crippen LogP contribution in [0.25, 0.3) is 10.8 Å². The Bertz CT molecular complexity index is 1260. The zero-order chi connectivity index (χ0) is 28.1. The summed E-state index contributed by atoms with van der Waals surface area (Å²) in [5.41, 5.74) is 3.09. The van der Waals surface area contributed by atoms with Gasteiger partial charge in [0.25, 0.3) is 0 Å². The number of carbonyl (C=O) groups excluding carboxylic acids is 1. The number of hydrogen-bond acceptors (Lipinski definition) is 2. The molecule has 4 aliphatic rings. The summed E-state index contributed by atoms with van der Waals surface area (Å²) in [7, 11) is 0. The molecule has 6 rings (SSSR count). The predicted molar refractivity (Wildman–Crippen MR) is 166 cm³/mol. The number of fused-ring (bicyclic) bond motifs is 6. The molecule has 4 aliphatic carbocycles. The van der Waals surface area contributed by atoms with E-state index in [9.17, 15) is 4.79 Å². The van der Waals surface area contributed by atoms with Crippen molar-refractivity contribution in [1.82, 2.24) is 0 Å². The van der Waals surface area contributed by atoms with Crippen molar-refractivity contribution in [1.29, 1.82) is 0 Å². The fraction of sp³-hybridized carbons (Fsp3) is 0.658. The molecule has 0 aromatic heterocycles. The molecule has 8 atom stereocenters. The molecule has 0 aliphatic heterocycles. The maximum absolute atomic E-state index is 13.1. The number of rotatable bonds is 7. The predicted octanol–water partition coefficient (Wildman–Crippen LogP) is 10.4. The van der Waals surface area contributed by atoms with E-state index in [2.05, 4.69) is 52.8 Å². The van der Waals surface area contributed by atoms with Crippen LogP contribution < -0.4 is 0 Å². The number of carbonyl (C=O) groups is 1. The van der Waals surface area contributed by atoms with Crippen molar-refractivity contribution in [2.45, 2.75) is 111 Å². The van der Waals surface area contributed by atoms with Crippen molar-refractivity contribution in [2.24, 2.45) is 46.3 Å². The molecule has 0 saturated heterocycles. The monoisotopic (exact) mass is 540 g/mol. The Morgan fingerprint density at radius 2 is 1.73 bits per heavy atom. The van der Waals surface area contributed by atoms with Gasteiger partial charge < -0.3 is 4.74 Å². The summed E-state index contributed by atoms with van der Waals surface area (Å²) in [6, 6.07) is 14.1. The van der Waals surface area contributed by atoms with E-state index in [4.69, 9.17) is 4.74 Å². The van der Waals surface area contributed by atoms with Crippen LogP contribution in [0.3, 0.4) is 0 Å². The van der Waals surface area contributed by atoms with Crippen molar-refractivity contribution >= 4 is 16.7 Å². The van der Waals surface area contributed by atoms with Gasteiger partial charge in [-0.1, -0.05) is 95.9 Å². The van der Waals surface area contributed by atoms with Crippen LogP contribution in [0.5, 0.6) is 0 Å². The minimum absolute atomic E-state index is 0.00579. The van der Waals surface area contributed by atoms with E-state index in [1.54, 1.807) is 5.57 Å². The summed E-state index contributed by atoms with van der Waals surface area (Å²) < 4.78 is 6.15. The molecule has 2 nitrogen and oxygen atoms in total. The highest BCUT2D eigenvalue weighted by Crippen LogP contribution is 2.67. The van der Waals surface area contributed by atoms with Gasteiger partial charge in [-0.25, -0.2) is 4.79 Å². The molecule has 2 aromatic rings. The van der Waals surface area contributed by atoms with Gasteiger partial charge in [0.2, 0.25) is 0 Å². The third-order valence-corrected chi connectivity index (χ3v) is 12.5. The van der Waals surface area contributed by atoms with E-state index >= 15 is 0 Å². The van der Waals surface area contributed by atoms with Gasteiger partial charge >= 0.3 is 5.97 Å². The number of benzene rings is 2. The molecule has 0 bridgehead atoms. The molecule has 40 heavy (non-hydrogen) atoms. The molecular formula is C38H52O2. The van der Waals surface area contributed by atoms with E-state index in [-0.39, 0.29) is 17.5 Å². The van der Waals surface area contributed by atoms with Crippen LogP contribution >= 0.6 is 0 Å². The zero-order valence-electron chi connectivity index (χ0n) is 25.8. The normalized spacial score (nSPS) is 36.0. The van der Waals surface area contributed by atoms with E-state index < -0.39 is 0 Å². The molecule has 0 amide bonds. The molecule has 3 fully saturated rings. The Morgan fingerprint density at radius 3 is 2.52 bits per heavy atom. The summed E-state index contributed by atoms with van der Waals surface area (Å²) in [5.74, 6) is 4.98. The van der Waals surface area contributed by atoms with Crippen molar-refractivity contribution in [3.8, 4) is 0 Å². The lowest BCUT2D eigenvalue weighted by Crippen LogP contribution is -2.51. The van der Waals surface area contributed by atoms with Crippen LogP contribution in [0, 0.1) is 46.3 Å². The average Bonchev–Trinajstić information content (AvgIpc) is 3.30. The van der Waals surface area contributed by atoms with Crippen LogP contribution in [0.1, 0.15) is 116 Å². The van der Waals surface area contributed by atoms with Crippen LogP contribution in [0.2, 0.25) is 0 Å². The minimum Gasteiger partial charge on any atom is -0.458 e. The summed E-state index contributed by atoms with van der Waals surface area (Å²) in [5, 5.41) is 2.25. The van der Waals surface area contributed by atoms with Gasteiger partial charge in [0.1, 0.15) is 6.10 Å². The van der Waals surface area contributed by atoms with Crippen LogP contribution in [0.15, 0.2) is 54.1 Å². The summed E-state index contributed by atoms with van der Waals surface area (Å²) in [6.45, 7) is 12.6. The molecule has 0 heterocycles. The molecule has 8 unspecified atom stereocenters. The topological polar surface area (TPSA) is 26.3 Å². The quantitative estimate of drug-likeness (QED) is 0.258. The van der Waals surface area contributed by atoms with Gasteiger partial charge in [0, 0.05) is 6.42 Å². The zero-order valence-corrected chi connectivity index (χ0v) is 25.8. The van der Waals surface area contributed by atoms with Crippen LogP contribution in [-0.4, -0.2) is 12.1 Å². The third-order valence-electron chi connectivity index (χ3n) is 12.5. The smallest absolute Gasteiger partial charge is 0.338 e. The van der Waals surface area contributed by atoms with Crippen LogP contribution in [0.4, 0.5) is 0 Å². The van der Waals surface area contributed by atoms with E-state index in [1.807, 2.05) is 30.3 Å². The van der Waals surface area contributed by atoms with Crippen molar-refractivity contribution in [2.75, 3.05) is 0 Å². The lowest BCUT2D eigenvalue weighted by atomic mass is 9.47. The molecule has 0 N–H and O–H groups in total. The second-order valence-corrected chi connectivity index (χ2v) is 15.1. The standard InChI is InChI=1S/C38H52O2/c1-25(2)9-8-10-26(3)33-17-18-34-32-16-15-30-24-31(19-21-37(30,4)35(32)20-22-38(33,34)5)40-36(39)29-14-13-27-11-6-7-12-28(27)23-29/h6-7,11-15,23,25-26,31-35H,8-10,16-22,24H2,1-5H3. The van der Waals surface area contributed by atoms with Gasteiger partial charge in [-0.15, -0.1) is 0 Å². The lowest BCUT2D eigenvalue weighted by Gasteiger charge is -2.58. The molecule has 216 valence electrons. The first-order valence-electron chi connectivity index (χ1n) is 16.6. The maximum atomic E-state index is 13.1. The maximum Gasteiger partial charge on any atom is 0.338 e. The van der Waals surface area contributed by atoms with Gasteiger partial charge in [-0.2, -0.15) is 0 Å². The first-order valence-corrected chi connectivity index (χ1v) is 16.6. The summed E-state index contributed by atoms with van der Waals surface area (Å²) in [4.78, 5) is 13.1. The van der Waals surface area contributed by atoms with Crippen molar-refractivity contribution < 1.29 is 9.53 Å². The first kappa shape index (κ1) is 28.0. The molecule has 2 aromatic carbocycles. The average molecular weight is 541 g/mol. The number of esters is 1. The van der Waals surface area contributed by atoms with Crippen molar-refractivity contribution in [3.63, 3.8) is 0 Å². The van der Waals surface area contributed by atoms with Gasteiger partial charge in [-0.3, -0.25) is 0 Å². The second-order valence-electron chi connectivity index (χ2n) is 15.1. The van der Waals surface area contributed by atoms with Crippen LogP contribution in [-0.2, 0) is 4.74 Å². The van der Waals surface area contributed by atoms with Gasteiger partial charge in [-0.05, 0) is 114 Å². The van der Waals surface area contributed by atoms with E-state index in [1.165, 1.54) is 51.4 Å². The first-order chi connectivity index (χ1) is 19.2. The van der Waals surface area contributed by atoms with E-state index in [0.717, 1.165) is 65.5 Å². The Morgan fingerprint density at radius 1 is 0.925 bits per heavy atom. The molecule has 0 spiro atoms. The molecule has 3 saturated carbocycles. The summed E-state index contributed by atoms with van der Waals surface area (Å²) >= 11 is 0. The van der Waals surface area contributed by atoms with E-state index in [0.29, 0.717) is 11.0 Å². The number of allylic oxidation sites excluding steroid dienone is 1. The fourth-order valence-corrected chi connectivity index (χ4v) is 10.3. The highest BCUT2D eigenvalue weighted by Gasteiger charge is 2.59. The molecular weight excluding hydrogens is 488 g/mol. The largest absolute Gasteiger partial charge is 0.458 e. The summed E-state index contributed by atoms with van der Waals surface area (Å²) in [6.07, 6.45) is 16.9. The third kappa shape index (κ3) is 4.96. The highest BCUT2D eigenvalue weighted by atomic mass is 16.5.